The molecule has 2 heteroatoms. The quantitative estimate of drug-likeness (QED) is 0.370. The summed E-state index contributed by atoms with van der Waals surface area (Å²) in [6.45, 7) is 4.18. The van der Waals surface area contributed by atoms with Gasteiger partial charge in [0.15, 0.2) is 0 Å². The van der Waals surface area contributed by atoms with Crippen LogP contribution >= 0.6 is 12.4 Å². The summed E-state index contributed by atoms with van der Waals surface area (Å²) in [5.74, 6) is 0. The third kappa shape index (κ3) is 4.00. The summed E-state index contributed by atoms with van der Waals surface area (Å²) in [4.78, 5) is 0. The van der Waals surface area contributed by atoms with E-state index in [-0.39, 0.29) is 12.4 Å². The highest BCUT2D eigenvalue weighted by molar-refractivity contribution is 6.12. The van der Waals surface area contributed by atoms with Crippen LogP contribution in [-0.2, 0) is 6.42 Å². The summed E-state index contributed by atoms with van der Waals surface area (Å²) >= 11 is 0. The van der Waals surface area contributed by atoms with Crippen molar-refractivity contribution in [3.05, 3.63) is 118 Å². The standard InChI is InChI=1S/C26H23N.ClH/c1-18-14-19(2)16-23(15-18)26(27)25-13-6-4-9-22(25)17-21-11-7-10-20-8-3-5-12-24(20)21;/h3-16,27H,17H2,1-2H3;1H. The Morgan fingerprint density at radius 3 is 2.11 bits per heavy atom. The van der Waals surface area contributed by atoms with Crippen LogP contribution in [-0.4, -0.2) is 5.71 Å². The van der Waals surface area contributed by atoms with Gasteiger partial charge >= 0.3 is 0 Å². The van der Waals surface area contributed by atoms with Gasteiger partial charge in [0.25, 0.3) is 0 Å². The van der Waals surface area contributed by atoms with Gasteiger partial charge in [-0.15, -0.1) is 12.4 Å². The average molecular weight is 386 g/mol. The van der Waals surface area contributed by atoms with E-state index in [2.05, 4.69) is 92.7 Å². The SMILES string of the molecule is Cc1cc(C)cc(C(=N)c2ccccc2Cc2cccc3ccccc23)c1.Cl. The third-order valence-electron chi connectivity index (χ3n) is 5.06. The van der Waals surface area contributed by atoms with Crippen molar-refractivity contribution in [2.24, 2.45) is 0 Å². The van der Waals surface area contributed by atoms with Gasteiger partial charge in [0, 0.05) is 11.1 Å². The highest BCUT2D eigenvalue weighted by atomic mass is 35.5. The number of rotatable bonds is 4. The van der Waals surface area contributed by atoms with Crippen LogP contribution in [0.3, 0.4) is 0 Å². The minimum Gasteiger partial charge on any atom is -0.300 e. The first-order valence-corrected chi connectivity index (χ1v) is 9.34. The van der Waals surface area contributed by atoms with Crippen LogP contribution in [0.25, 0.3) is 10.8 Å². The van der Waals surface area contributed by atoms with Gasteiger partial charge in [0.2, 0.25) is 0 Å². The molecule has 1 N–H and O–H groups in total. The number of fused-ring (bicyclic) bond motifs is 1. The van der Waals surface area contributed by atoms with E-state index in [0.717, 1.165) is 17.5 Å². The van der Waals surface area contributed by atoms with Gasteiger partial charge in [-0.25, -0.2) is 0 Å². The summed E-state index contributed by atoms with van der Waals surface area (Å²) in [7, 11) is 0. The Bertz CT molecular complexity index is 1120. The lowest BCUT2D eigenvalue weighted by molar-refractivity contribution is 1.20. The molecule has 0 bridgehead atoms. The molecule has 28 heavy (non-hydrogen) atoms. The van der Waals surface area contributed by atoms with E-state index in [4.69, 9.17) is 5.41 Å². The van der Waals surface area contributed by atoms with Crippen LogP contribution < -0.4 is 0 Å². The molecular weight excluding hydrogens is 362 g/mol. The highest BCUT2D eigenvalue weighted by Gasteiger charge is 2.12. The molecular formula is C26H24ClN. The first-order valence-electron chi connectivity index (χ1n) is 9.34. The largest absolute Gasteiger partial charge is 0.300 e. The van der Waals surface area contributed by atoms with Crippen LogP contribution in [0.4, 0.5) is 0 Å². The van der Waals surface area contributed by atoms with E-state index in [1.165, 1.54) is 33.0 Å². The topological polar surface area (TPSA) is 23.9 Å². The van der Waals surface area contributed by atoms with Crippen LogP contribution in [0.1, 0.15) is 33.4 Å². The van der Waals surface area contributed by atoms with Gasteiger partial charge in [-0.1, -0.05) is 83.9 Å². The Hall–Kier alpha value is -2.90. The maximum atomic E-state index is 8.83. The molecule has 0 radical (unpaired) electrons. The molecule has 4 aromatic carbocycles. The average Bonchev–Trinajstić information content (AvgIpc) is 2.67. The van der Waals surface area contributed by atoms with Crippen molar-refractivity contribution in [3.63, 3.8) is 0 Å². The van der Waals surface area contributed by atoms with Crippen LogP contribution in [0, 0.1) is 19.3 Å². The third-order valence-corrected chi connectivity index (χ3v) is 5.06. The molecule has 0 aliphatic heterocycles. The smallest absolute Gasteiger partial charge is 0.0687 e. The fraction of sp³-hybridized carbons (Fsp3) is 0.115. The van der Waals surface area contributed by atoms with Gasteiger partial charge in [-0.3, -0.25) is 5.41 Å². The molecule has 0 heterocycles. The number of benzene rings is 4. The Morgan fingerprint density at radius 1 is 0.714 bits per heavy atom. The molecule has 0 aromatic heterocycles. The van der Waals surface area contributed by atoms with Gasteiger partial charge in [-0.2, -0.15) is 0 Å². The fourth-order valence-electron chi connectivity index (χ4n) is 3.84. The fourth-order valence-corrected chi connectivity index (χ4v) is 3.84. The Morgan fingerprint density at radius 2 is 1.32 bits per heavy atom. The van der Waals surface area contributed by atoms with Gasteiger partial charge in [0.05, 0.1) is 5.71 Å². The number of hydrogen-bond acceptors (Lipinski definition) is 1. The van der Waals surface area contributed by atoms with E-state index in [1.54, 1.807) is 0 Å². The normalized spacial score (nSPS) is 10.5. The predicted molar refractivity (Wildman–Crippen MR) is 122 cm³/mol. The first kappa shape index (κ1) is 19.9. The maximum absolute atomic E-state index is 8.83. The van der Waals surface area contributed by atoms with Crippen molar-refractivity contribution in [2.75, 3.05) is 0 Å². The second-order valence-electron chi connectivity index (χ2n) is 7.22. The molecule has 0 saturated carbocycles. The van der Waals surface area contributed by atoms with E-state index >= 15 is 0 Å². The molecule has 0 aliphatic carbocycles. The van der Waals surface area contributed by atoms with Crippen molar-refractivity contribution in [3.8, 4) is 0 Å². The molecule has 0 aliphatic rings. The van der Waals surface area contributed by atoms with Gasteiger partial charge in [-0.05, 0) is 54.3 Å². The summed E-state index contributed by atoms with van der Waals surface area (Å²) in [5, 5.41) is 11.4. The van der Waals surface area contributed by atoms with Gasteiger partial charge < -0.3 is 0 Å². The Labute approximate surface area is 173 Å². The van der Waals surface area contributed by atoms with Crippen LogP contribution in [0.5, 0.6) is 0 Å². The van der Waals surface area contributed by atoms with Crippen LogP contribution in [0.2, 0.25) is 0 Å². The number of nitrogens with one attached hydrogen (secondary N) is 1. The minimum atomic E-state index is 0. The molecule has 0 spiro atoms. The molecule has 0 amide bonds. The second kappa shape index (κ2) is 8.41. The zero-order valence-electron chi connectivity index (χ0n) is 16.2. The van der Waals surface area contributed by atoms with E-state index < -0.39 is 0 Å². The van der Waals surface area contributed by atoms with Crippen molar-refractivity contribution in [2.45, 2.75) is 20.3 Å². The first-order chi connectivity index (χ1) is 13.1. The van der Waals surface area contributed by atoms with E-state index in [9.17, 15) is 0 Å². The highest BCUT2D eigenvalue weighted by Crippen LogP contribution is 2.24. The van der Waals surface area contributed by atoms with Crippen molar-refractivity contribution < 1.29 is 0 Å². The molecule has 0 unspecified atom stereocenters. The molecule has 0 atom stereocenters. The summed E-state index contributed by atoms with van der Waals surface area (Å²) in [6.07, 6.45) is 0.824. The molecule has 4 rings (SSSR count). The maximum Gasteiger partial charge on any atom is 0.0687 e. The summed E-state index contributed by atoms with van der Waals surface area (Å²) in [6, 6.07) is 29.6. The molecule has 0 fully saturated rings. The Kier molecular flexibility index (Phi) is 5.96. The lowest BCUT2D eigenvalue weighted by atomic mass is 9.91. The van der Waals surface area contributed by atoms with E-state index in [1.807, 2.05) is 6.07 Å². The zero-order chi connectivity index (χ0) is 18.8. The number of halogens is 1. The number of aryl methyl sites for hydroxylation is 2. The molecule has 1 nitrogen and oxygen atoms in total. The van der Waals surface area contributed by atoms with Crippen molar-refractivity contribution >= 4 is 28.9 Å². The molecule has 0 saturated heterocycles. The lowest BCUT2D eigenvalue weighted by Gasteiger charge is -2.13. The monoisotopic (exact) mass is 385 g/mol. The predicted octanol–water partition coefficient (Wildman–Crippen LogP) is 6.89. The summed E-state index contributed by atoms with van der Waals surface area (Å²) in [5.41, 5.74) is 7.47. The van der Waals surface area contributed by atoms with Crippen molar-refractivity contribution in [1.29, 1.82) is 5.41 Å². The molecule has 140 valence electrons. The Balaban J connectivity index is 0.00000225. The van der Waals surface area contributed by atoms with E-state index in [0.29, 0.717) is 5.71 Å². The summed E-state index contributed by atoms with van der Waals surface area (Å²) < 4.78 is 0. The second-order valence-corrected chi connectivity index (χ2v) is 7.22. The number of hydrogen-bond donors (Lipinski definition) is 1. The zero-order valence-corrected chi connectivity index (χ0v) is 17.0. The van der Waals surface area contributed by atoms with Gasteiger partial charge in [0.1, 0.15) is 0 Å². The molecule has 4 aromatic rings. The minimum absolute atomic E-state index is 0. The lowest BCUT2D eigenvalue weighted by Crippen LogP contribution is -2.07. The van der Waals surface area contributed by atoms with Crippen LogP contribution in [0.15, 0.2) is 84.9 Å². The van der Waals surface area contributed by atoms with Crippen molar-refractivity contribution in [1.82, 2.24) is 0 Å².